The Morgan fingerprint density at radius 3 is 2.57 bits per heavy atom. The molecule has 0 spiro atoms. The maximum atomic E-state index is 12.8. The fraction of sp³-hybridized carbons (Fsp3) is 0.118. The van der Waals surface area contributed by atoms with Gasteiger partial charge in [-0.05, 0) is 36.3 Å². The van der Waals surface area contributed by atoms with Gasteiger partial charge in [0.1, 0.15) is 5.82 Å². The Morgan fingerprint density at radius 2 is 1.87 bits per heavy atom. The molecule has 0 unspecified atom stereocenters. The number of amides is 1. The molecule has 0 radical (unpaired) electrons. The lowest BCUT2D eigenvalue weighted by Gasteiger charge is -2.03. The molecule has 1 amide bonds. The number of nitrogens with zero attached hydrogens (tertiary/aromatic N) is 1. The molecule has 5 nitrogen and oxygen atoms in total. The third-order valence-electron chi connectivity index (χ3n) is 3.17. The van der Waals surface area contributed by atoms with E-state index in [1.54, 1.807) is 30.3 Å². The maximum Gasteiger partial charge on any atom is 0.276 e. The summed E-state index contributed by atoms with van der Waals surface area (Å²) in [6, 6.07) is 12.2. The molecule has 0 aliphatic rings. The smallest absolute Gasteiger partial charge is 0.276 e. The summed E-state index contributed by atoms with van der Waals surface area (Å²) in [7, 11) is 0. The number of benzene rings is 2. The highest BCUT2D eigenvalue weighted by atomic mass is 19.1. The Kier molecular flexibility index (Phi) is 5.57. The maximum absolute atomic E-state index is 12.8. The number of carbonyl (C=O) groups is 1. The summed E-state index contributed by atoms with van der Waals surface area (Å²) in [5.74, 6) is -0.643. The van der Waals surface area contributed by atoms with Gasteiger partial charge >= 0.3 is 0 Å². The number of halogens is 1. The molecule has 23 heavy (non-hydrogen) atoms. The van der Waals surface area contributed by atoms with Crippen LogP contribution in [-0.2, 0) is 11.2 Å². The van der Waals surface area contributed by atoms with Crippen molar-refractivity contribution in [2.45, 2.75) is 6.42 Å². The number of hydrogen-bond acceptors (Lipinski definition) is 3. The van der Waals surface area contributed by atoms with E-state index in [9.17, 15) is 19.3 Å². The van der Waals surface area contributed by atoms with Crippen LogP contribution in [0.1, 0.15) is 11.1 Å². The second kappa shape index (κ2) is 7.84. The number of hydrogen-bond donors (Lipinski definition) is 1. The molecule has 0 heterocycles. The molecule has 2 aromatic carbocycles. The van der Waals surface area contributed by atoms with Gasteiger partial charge in [-0.15, -0.1) is 0 Å². The second-order valence-electron chi connectivity index (χ2n) is 4.82. The van der Waals surface area contributed by atoms with Crippen LogP contribution in [0.25, 0.3) is 6.08 Å². The highest BCUT2D eigenvalue weighted by Crippen LogP contribution is 2.18. The van der Waals surface area contributed by atoms with Crippen LogP contribution in [-0.4, -0.2) is 17.4 Å². The van der Waals surface area contributed by atoms with Crippen molar-refractivity contribution in [3.8, 4) is 0 Å². The first-order valence-electron chi connectivity index (χ1n) is 7.00. The summed E-state index contributed by atoms with van der Waals surface area (Å²) in [5.41, 5.74) is 1.23. The standard InChI is InChI=1S/C17H15FN2O3/c18-15-8-5-13(6-9-15)11-12-19-17(21)10-7-14-3-1-2-4-16(14)20(22)23/h1-10H,11-12H2,(H,19,21). The SMILES string of the molecule is O=C(C=Cc1ccccc1[N+](=O)[O-])NCCc1ccc(F)cc1. The van der Waals surface area contributed by atoms with Crippen LogP contribution >= 0.6 is 0 Å². The molecule has 0 saturated carbocycles. The lowest BCUT2D eigenvalue weighted by Crippen LogP contribution is -2.23. The van der Waals surface area contributed by atoms with Gasteiger partial charge < -0.3 is 5.32 Å². The third kappa shape index (κ3) is 5.03. The van der Waals surface area contributed by atoms with Gasteiger partial charge in [0, 0.05) is 18.7 Å². The topological polar surface area (TPSA) is 72.2 Å². The zero-order valence-electron chi connectivity index (χ0n) is 12.2. The van der Waals surface area contributed by atoms with Gasteiger partial charge in [-0.2, -0.15) is 0 Å². The molecule has 2 aromatic rings. The van der Waals surface area contributed by atoms with Crippen molar-refractivity contribution in [1.29, 1.82) is 0 Å². The van der Waals surface area contributed by atoms with Crippen molar-refractivity contribution in [2.24, 2.45) is 0 Å². The molecule has 0 atom stereocenters. The number of carbonyl (C=O) groups excluding carboxylic acids is 1. The Hall–Kier alpha value is -3.02. The van der Waals surface area contributed by atoms with Crippen LogP contribution in [0.3, 0.4) is 0 Å². The van der Waals surface area contributed by atoms with Crippen molar-refractivity contribution >= 4 is 17.7 Å². The van der Waals surface area contributed by atoms with E-state index in [1.165, 1.54) is 30.4 Å². The average molecular weight is 314 g/mol. The number of para-hydroxylation sites is 1. The molecule has 0 aromatic heterocycles. The first kappa shape index (κ1) is 16.4. The van der Waals surface area contributed by atoms with E-state index in [2.05, 4.69) is 5.32 Å². The molecule has 118 valence electrons. The van der Waals surface area contributed by atoms with Crippen LogP contribution < -0.4 is 5.32 Å². The fourth-order valence-electron chi connectivity index (χ4n) is 2.00. The predicted molar refractivity (Wildman–Crippen MR) is 85.2 cm³/mol. The molecule has 0 fully saturated rings. The highest BCUT2D eigenvalue weighted by Gasteiger charge is 2.09. The summed E-state index contributed by atoms with van der Waals surface area (Å²) < 4.78 is 12.8. The van der Waals surface area contributed by atoms with Gasteiger partial charge in [0.25, 0.3) is 5.69 Å². The van der Waals surface area contributed by atoms with E-state index in [1.807, 2.05) is 0 Å². The van der Waals surface area contributed by atoms with Crippen molar-refractivity contribution in [3.63, 3.8) is 0 Å². The fourth-order valence-corrected chi connectivity index (χ4v) is 2.00. The summed E-state index contributed by atoms with van der Waals surface area (Å²) >= 11 is 0. The van der Waals surface area contributed by atoms with Crippen LogP contribution in [0.5, 0.6) is 0 Å². The number of nitro benzene ring substituents is 1. The van der Waals surface area contributed by atoms with Gasteiger partial charge in [-0.1, -0.05) is 24.3 Å². The highest BCUT2D eigenvalue weighted by molar-refractivity contribution is 5.92. The van der Waals surface area contributed by atoms with Crippen molar-refractivity contribution in [3.05, 3.63) is 81.7 Å². The molecular formula is C17H15FN2O3. The Labute approximate surface area is 132 Å². The second-order valence-corrected chi connectivity index (χ2v) is 4.82. The van der Waals surface area contributed by atoms with E-state index >= 15 is 0 Å². The molecular weight excluding hydrogens is 299 g/mol. The molecule has 0 saturated heterocycles. The summed E-state index contributed by atoms with van der Waals surface area (Å²) in [4.78, 5) is 22.1. The van der Waals surface area contributed by atoms with Gasteiger partial charge in [0.15, 0.2) is 0 Å². The lowest BCUT2D eigenvalue weighted by molar-refractivity contribution is -0.385. The Balaban J connectivity index is 1.87. The van der Waals surface area contributed by atoms with Gasteiger partial charge in [0.05, 0.1) is 10.5 Å². The molecule has 0 bridgehead atoms. The van der Waals surface area contributed by atoms with Crippen LogP contribution in [0.4, 0.5) is 10.1 Å². The third-order valence-corrected chi connectivity index (χ3v) is 3.17. The van der Waals surface area contributed by atoms with Gasteiger partial charge in [0.2, 0.25) is 5.91 Å². The van der Waals surface area contributed by atoms with E-state index < -0.39 is 4.92 Å². The number of nitrogens with one attached hydrogen (secondary N) is 1. The molecule has 1 N–H and O–H groups in total. The van der Waals surface area contributed by atoms with Crippen molar-refractivity contribution in [2.75, 3.05) is 6.54 Å². The largest absolute Gasteiger partial charge is 0.352 e. The van der Waals surface area contributed by atoms with E-state index in [0.717, 1.165) is 5.56 Å². The lowest BCUT2D eigenvalue weighted by atomic mass is 10.1. The summed E-state index contributed by atoms with van der Waals surface area (Å²) in [6.07, 6.45) is 3.24. The number of nitro groups is 1. The van der Waals surface area contributed by atoms with E-state index in [-0.39, 0.29) is 17.4 Å². The molecule has 6 heteroatoms. The van der Waals surface area contributed by atoms with Crippen LogP contribution in [0, 0.1) is 15.9 Å². The van der Waals surface area contributed by atoms with Crippen LogP contribution in [0.2, 0.25) is 0 Å². The number of rotatable bonds is 6. The minimum atomic E-state index is -0.494. The quantitative estimate of drug-likeness (QED) is 0.506. The monoisotopic (exact) mass is 314 g/mol. The van der Waals surface area contributed by atoms with Gasteiger partial charge in [-0.25, -0.2) is 4.39 Å². The predicted octanol–water partition coefficient (Wildman–Crippen LogP) is 3.11. The van der Waals surface area contributed by atoms with E-state index in [0.29, 0.717) is 18.5 Å². The zero-order chi connectivity index (χ0) is 16.7. The first-order chi connectivity index (χ1) is 11.1. The minimum Gasteiger partial charge on any atom is -0.352 e. The van der Waals surface area contributed by atoms with Crippen molar-refractivity contribution < 1.29 is 14.1 Å². The normalized spacial score (nSPS) is 10.7. The van der Waals surface area contributed by atoms with Crippen LogP contribution in [0.15, 0.2) is 54.6 Å². The Bertz CT molecular complexity index is 727. The molecule has 0 aliphatic heterocycles. The summed E-state index contributed by atoms with van der Waals surface area (Å²) in [6.45, 7) is 0.395. The van der Waals surface area contributed by atoms with Gasteiger partial charge in [-0.3, -0.25) is 14.9 Å². The van der Waals surface area contributed by atoms with Crippen molar-refractivity contribution in [1.82, 2.24) is 5.32 Å². The molecule has 2 rings (SSSR count). The summed E-state index contributed by atoms with van der Waals surface area (Å²) in [5, 5.41) is 13.5. The molecule has 0 aliphatic carbocycles. The average Bonchev–Trinajstić information content (AvgIpc) is 2.55. The Morgan fingerprint density at radius 1 is 1.17 bits per heavy atom. The minimum absolute atomic E-state index is 0.0529. The van der Waals surface area contributed by atoms with E-state index in [4.69, 9.17) is 0 Å². The zero-order valence-corrected chi connectivity index (χ0v) is 12.2. The first-order valence-corrected chi connectivity index (χ1v) is 7.00.